The van der Waals surface area contributed by atoms with Gasteiger partial charge in [-0.1, -0.05) is 24.3 Å². The number of rotatable bonds is 2. The molecule has 2 heterocycles. The number of nitrogens with zero attached hydrogens (tertiary/aromatic N) is 1. The Hall–Kier alpha value is -2.81. The lowest BCUT2D eigenvalue weighted by atomic mass is 9.84. The SMILES string of the molecule is COc1cccc2c1C[C@H]1OCCN(C(=O)OC(C)(C)C)[C@@H]1C2.COc1cccc2c1C[C@H]1OCCN[C@@H]1C2. The summed E-state index contributed by atoms with van der Waals surface area (Å²) in [6, 6.07) is 12.9. The fourth-order valence-corrected chi connectivity index (χ4v) is 6.19. The summed E-state index contributed by atoms with van der Waals surface area (Å²) in [4.78, 5) is 14.4. The maximum Gasteiger partial charge on any atom is 0.410 e. The van der Waals surface area contributed by atoms with Crippen LogP contribution in [0.4, 0.5) is 4.79 Å². The fourth-order valence-electron chi connectivity index (χ4n) is 6.19. The average molecular weight is 539 g/mol. The van der Waals surface area contributed by atoms with Crippen molar-refractivity contribution < 1.29 is 28.5 Å². The first kappa shape index (κ1) is 27.7. The lowest BCUT2D eigenvalue weighted by Gasteiger charge is -2.44. The van der Waals surface area contributed by atoms with Crippen molar-refractivity contribution in [2.24, 2.45) is 0 Å². The third kappa shape index (κ3) is 6.18. The molecule has 4 aliphatic rings. The van der Waals surface area contributed by atoms with Gasteiger partial charge in [0.1, 0.15) is 17.1 Å². The van der Waals surface area contributed by atoms with Crippen LogP contribution in [0.5, 0.6) is 11.5 Å². The molecular weight excluding hydrogens is 496 g/mol. The highest BCUT2D eigenvalue weighted by Crippen LogP contribution is 2.35. The zero-order valence-electron chi connectivity index (χ0n) is 23.8. The Morgan fingerprint density at radius 2 is 1.49 bits per heavy atom. The maximum absolute atomic E-state index is 12.5. The van der Waals surface area contributed by atoms with E-state index in [0.29, 0.717) is 25.3 Å². The molecule has 2 aliphatic heterocycles. The summed E-state index contributed by atoms with van der Waals surface area (Å²) in [5.74, 6) is 1.91. The van der Waals surface area contributed by atoms with E-state index in [1.165, 1.54) is 22.3 Å². The van der Waals surface area contributed by atoms with Gasteiger partial charge in [0, 0.05) is 37.5 Å². The van der Waals surface area contributed by atoms with E-state index in [4.69, 9.17) is 23.7 Å². The molecule has 212 valence electrons. The minimum Gasteiger partial charge on any atom is -0.496 e. The van der Waals surface area contributed by atoms with Crippen molar-refractivity contribution in [1.82, 2.24) is 10.2 Å². The molecule has 1 N–H and O–H groups in total. The molecule has 0 radical (unpaired) electrons. The van der Waals surface area contributed by atoms with E-state index in [-0.39, 0.29) is 18.2 Å². The van der Waals surface area contributed by atoms with Crippen molar-refractivity contribution in [3.63, 3.8) is 0 Å². The van der Waals surface area contributed by atoms with Gasteiger partial charge in [-0.05, 0) is 62.4 Å². The number of hydrogen-bond acceptors (Lipinski definition) is 7. The number of hydrogen-bond donors (Lipinski definition) is 1. The van der Waals surface area contributed by atoms with Crippen molar-refractivity contribution in [3.8, 4) is 11.5 Å². The van der Waals surface area contributed by atoms with Crippen molar-refractivity contribution in [1.29, 1.82) is 0 Å². The maximum atomic E-state index is 12.5. The van der Waals surface area contributed by atoms with E-state index in [0.717, 1.165) is 50.3 Å². The van der Waals surface area contributed by atoms with Crippen LogP contribution in [0, 0.1) is 0 Å². The molecule has 2 aromatic rings. The molecular formula is C31H42N2O6. The van der Waals surface area contributed by atoms with E-state index in [1.54, 1.807) is 14.2 Å². The number of carbonyl (C=O) groups excluding carboxylic acids is 1. The quantitative estimate of drug-likeness (QED) is 0.620. The zero-order chi connectivity index (χ0) is 27.6. The average Bonchev–Trinajstić information content (AvgIpc) is 2.93. The van der Waals surface area contributed by atoms with Gasteiger partial charge in [-0.3, -0.25) is 4.90 Å². The molecule has 2 fully saturated rings. The van der Waals surface area contributed by atoms with E-state index in [2.05, 4.69) is 23.5 Å². The van der Waals surface area contributed by atoms with Crippen molar-refractivity contribution in [2.45, 2.75) is 76.3 Å². The van der Waals surface area contributed by atoms with E-state index >= 15 is 0 Å². The van der Waals surface area contributed by atoms with Crippen LogP contribution in [-0.2, 0) is 39.9 Å². The molecule has 0 aromatic heterocycles. The molecule has 2 aliphatic carbocycles. The molecule has 0 unspecified atom stereocenters. The molecule has 8 nitrogen and oxygen atoms in total. The Kier molecular flexibility index (Phi) is 8.35. The molecule has 4 atom stereocenters. The number of carbonyl (C=O) groups is 1. The van der Waals surface area contributed by atoms with Crippen LogP contribution in [0.2, 0.25) is 0 Å². The summed E-state index contributed by atoms with van der Waals surface area (Å²) in [6.07, 6.45) is 3.63. The van der Waals surface area contributed by atoms with Crippen LogP contribution >= 0.6 is 0 Å². The molecule has 0 saturated carbocycles. The van der Waals surface area contributed by atoms with Gasteiger partial charge in [-0.25, -0.2) is 4.79 Å². The second-order valence-electron chi connectivity index (χ2n) is 11.6. The second-order valence-corrected chi connectivity index (χ2v) is 11.6. The number of methoxy groups -OCH3 is 2. The van der Waals surface area contributed by atoms with Gasteiger partial charge in [-0.15, -0.1) is 0 Å². The number of ether oxygens (including phenoxy) is 5. The van der Waals surface area contributed by atoms with E-state index in [1.807, 2.05) is 43.9 Å². The van der Waals surface area contributed by atoms with Gasteiger partial charge >= 0.3 is 6.09 Å². The largest absolute Gasteiger partial charge is 0.496 e. The Labute approximate surface area is 231 Å². The third-order valence-electron chi connectivity index (χ3n) is 7.99. The van der Waals surface area contributed by atoms with Gasteiger partial charge in [-0.2, -0.15) is 0 Å². The van der Waals surface area contributed by atoms with E-state index < -0.39 is 5.60 Å². The number of morpholine rings is 2. The Morgan fingerprint density at radius 1 is 0.872 bits per heavy atom. The lowest BCUT2D eigenvalue weighted by Crippen LogP contribution is -2.57. The van der Waals surface area contributed by atoms with Gasteiger partial charge in [0.15, 0.2) is 0 Å². The predicted octanol–water partition coefficient (Wildman–Crippen LogP) is 3.95. The van der Waals surface area contributed by atoms with Crippen LogP contribution in [-0.4, -0.2) is 81.4 Å². The van der Waals surface area contributed by atoms with Crippen LogP contribution in [0.3, 0.4) is 0 Å². The molecule has 0 bridgehead atoms. The molecule has 39 heavy (non-hydrogen) atoms. The van der Waals surface area contributed by atoms with Crippen LogP contribution in [0.15, 0.2) is 36.4 Å². The van der Waals surface area contributed by atoms with Crippen LogP contribution in [0.25, 0.3) is 0 Å². The number of nitrogens with one attached hydrogen (secondary N) is 1. The Morgan fingerprint density at radius 3 is 2.13 bits per heavy atom. The Bertz CT molecular complexity index is 1160. The van der Waals surface area contributed by atoms with Crippen molar-refractivity contribution >= 4 is 6.09 Å². The first-order valence-electron chi connectivity index (χ1n) is 14.0. The smallest absolute Gasteiger partial charge is 0.410 e. The monoisotopic (exact) mass is 538 g/mol. The topological polar surface area (TPSA) is 78.5 Å². The molecule has 2 saturated heterocycles. The van der Waals surface area contributed by atoms with Crippen molar-refractivity contribution in [3.05, 3.63) is 58.7 Å². The first-order valence-corrected chi connectivity index (χ1v) is 14.0. The zero-order valence-corrected chi connectivity index (χ0v) is 23.8. The fraction of sp³-hybridized carbons (Fsp3) is 0.581. The molecule has 6 rings (SSSR count). The second kappa shape index (κ2) is 11.7. The van der Waals surface area contributed by atoms with Gasteiger partial charge in [0.25, 0.3) is 0 Å². The summed E-state index contributed by atoms with van der Waals surface area (Å²) < 4.78 is 28.2. The Balaban J connectivity index is 0.000000168. The third-order valence-corrected chi connectivity index (χ3v) is 7.99. The molecule has 0 spiro atoms. The normalized spacial score (nSPS) is 25.5. The van der Waals surface area contributed by atoms with Gasteiger partial charge < -0.3 is 29.0 Å². The number of fused-ring (bicyclic) bond motifs is 4. The van der Waals surface area contributed by atoms with Crippen LogP contribution in [0.1, 0.15) is 43.0 Å². The van der Waals surface area contributed by atoms with Crippen LogP contribution < -0.4 is 14.8 Å². The molecule has 2 aromatic carbocycles. The van der Waals surface area contributed by atoms with Crippen molar-refractivity contribution in [2.75, 3.05) is 40.5 Å². The highest BCUT2D eigenvalue weighted by molar-refractivity contribution is 5.69. The summed E-state index contributed by atoms with van der Waals surface area (Å²) in [5.41, 5.74) is 4.67. The predicted molar refractivity (Wildman–Crippen MR) is 149 cm³/mol. The summed E-state index contributed by atoms with van der Waals surface area (Å²) in [6.45, 7) is 8.60. The molecule has 8 heteroatoms. The highest BCUT2D eigenvalue weighted by atomic mass is 16.6. The minimum absolute atomic E-state index is 0.0000633. The lowest BCUT2D eigenvalue weighted by molar-refractivity contribution is -0.0783. The van der Waals surface area contributed by atoms with E-state index in [9.17, 15) is 4.79 Å². The van der Waals surface area contributed by atoms with Gasteiger partial charge in [0.05, 0.1) is 45.7 Å². The molecule has 1 amide bonds. The highest BCUT2D eigenvalue weighted by Gasteiger charge is 2.41. The number of benzene rings is 2. The summed E-state index contributed by atoms with van der Waals surface area (Å²) >= 11 is 0. The van der Waals surface area contributed by atoms with Gasteiger partial charge in [0.2, 0.25) is 0 Å². The summed E-state index contributed by atoms with van der Waals surface area (Å²) in [5, 5.41) is 3.53. The minimum atomic E-state index is -0.485. The number of amides is 1. The first-order chi connectivity index (χ1) is 18.8. The summed E-state index contributed by atoms with van der Waals surface area (Å²) in [7, 11) is 3.43. The standard InChI is InChI=1S/C18H25NO4.C13H17NO2/c1-18(2,3)23-17(20)19-8-9-22-16-11-13-12(10-14(16)19)6-5-7-15(13)21-4;1-15-12-4-2-3-9-7-11-13(8-10(9)12)16-6-5-14-11/h5-7,14,16H,8-11H2,1-4H3;2-4,11,13-14H,5-8H2,1H3/t14-,16-;11-,13-/m11/s1.